The van der Waals surface area contributed by atoms with Crippen molar-refractivity contribution in [3.63, 3.8) is 0 Å². The number of hydrogen-bond acceptors (Lipinski definition) is 4. The maximum Gasteiger partial charge on any atom is 0.311 e. The largest absolute Gasteiger partial charge is 0.481 e. The second-order valence-corrected chi connectivity index (χ2v) is 6.53. The minimum Gasteiger partial charge on any atom is -0.481 e. The van der Waals surface area contributed by atoms with Crippen LogP contribution >= 0.6 is 27.3 Å². The van der Waals surface area contributed by atoms with Gasteiger partial charge in [-0.05, 0) is 28.1 Å². The number of thiophene rings is 1. The topological polar surface area (TPSA) is 66.8 Å². The fourth-order valence-electron chi connectivity index (χ4n) is 1.91. The monoisotopic (exact) mass is 333 g/mol. The smallest absolute Gasteiger partial charge is 0.311 e. The number of carbonyl (C=O) groups excluding carboxylic acids is 1. The van der Waals surface area contributed by atoms with Crippen LogP contribution in [0.3, 0.4) is 0 Å². The summed E-state index contributed by atoms with van der Waals surface area (Å²) < 4.78 is 6.03. The van der Waals surface area contributed by atoms with Gasteiger partial charge in [-0.15, -0.1) is 11.3 Å². The van der Waals surface area contributed by atoms with Crippen molar-refractivity contribution in [3.8, 4) is 0 Å². The van der Waals surface area contributed by atoms with Crippen molar-refractivity contribution in [3.05, 3.63) is 20.8 Å². The highest BCUT2D eigenvalue weighted by Gasteiger charge is 2.38. The number of aliphatic carboxylic acids is 1. The molecule has 2 rings (SSSR count). The van der Waals surface area contributed by atoms with E-state index in [9.17, 15) is 9.59 Å². The SMILES string of the molecule is CN(C(=O)c1ccc(Br)s1)C1COCC1C(=O)O. The molecule has 1 amide bonds. The van der Waals surface area contributed by atoms with Crippen molar-refractivity contribution in [1.29, 1.82) is 0 Å². The standard InChI is InChI=1S/C11H12BrNO4S/c1-13(7-5-17-4-6(7)11(15)16)10(14)8-2-3-9(12)18-8/h2-3,6-7H,4-5H2,1H3,(H,15,16). The number of ether oxygens (including phenoxy) is 1. The van der Waals surface area contributed by atoms with Crippen LogP contribution in [0.1, 0.15) is 9.67 Å². The van der Waals surface area contributed by atoms with Crippen molar-refractivity contribution >= 4 is 39.1 Å². The molecule has 0 bridgehead atoms. The van der Waals surface area contributed by atoms with Crippen LogP contribution in [0, 0.1) is 5.92 Å². The summed E-state index contributed by atoms with van der Waals surface area (Å²) in [4.78, 5) is 25.3. The first kappa shape index (κ1) is 13.5. The molecular weight excluding hydrogens is 322 g/mol. The second-order valence-electron chi connectivity index (χ2n) is 4.07. The third-order valence-electron chi connectivity index (χ3n) is 2.97. The third kappa shape index (κ3) is 2.57. The average molecular weight is 334 g/mol. The Labute approximate surface area is 116 Å². The predicted molar refractivity (Wildman–Crippen MR) is 69.8 cm³/mol. The number of amides is 1. The van der Waals surface area contributed by atoms with Crippen LogP contribution in [0.5, 0.6) is 0 Å². The number of carboxylic acid groups (broad SMARTS) is 1. The van der Waals surface area contributed by atoms with Gasteiger partial charge in [-0.3, -0.25) is 9.59 Å². The number of rotatable bonds is 3. The van der Waals surface area contributed by atoms with Crippen LogP contribution in [0.15, 0.2) is 15.9 Å². The Kier molecular flexibility index (Phi) is 4.04. The minimum atomic E-state index is -0.926. The van der Waals surface area contributed by atoms with Crippen molar-refractivity contribution in [1.82, 2.24) is 4.90 Å². The lowest BCUT2D eigenvalue weighted by Crippen LogP contribution is -2.43. The van der Waals surface area contributed by atoms with Crippen LogP contribution < -0.4 is 0 Å². The van der Waals surface area contributed by atoms with Gasteiger partial charge < -0.3 is 14.7 Å². The molecule has 0 aliphatic carbocycles. The highest BCUT2D eigenvalue weighted by molar-refractivity contribution is 9.11. The maximum atomic E-state index is 12.2. The van der Waals surface area contributed by atoms with Gasteiger partial charge in [-0.25, -0.2) is 0 Å². The van der Waals surface area contributed by atoms with Gasteiger partial charge in [0.05, 0.1) is 27.9 Å². The van der Waals surface area contributed by atoms with Crippen LogP contribution in [0.2, 0.25) is 0 Å². The fourth-order valence-corrected chi connectivity index (χ4v) is 3.28. The molecule has 1 fully saturated rings. The summed E-state index contributed by atoms with van der Waals surface area (Å²) in [7, 11) is 1.62. The minimum absolute atomic E-state index is 0.158. The van der Waals surface area contributed by atoms with Crippen LogP contribution in [-0.2, 0) is 9.53 Å². The van der Waals surface area contributed by atoms with Crippen molar-refractivity contribution in [2.75, 3.05) is 20.3 Å². The van der Waals surface area contributed by atoms with Crippen LogP contribution in [-0.4, -0.2) is 48.2 Å². The van der Waals surface area contributed by atoms with E-state index >= 15 is 0 Å². The number of likely N-dealkylation sites (N-methyl/N-ethyl adjacent to an activating group) is 1. The van der Waals surface area contributed by atoms with Gasteiger partial charge in [0, 0.05) is 7.05 Å². The Hall–Kier alpha value is -0.920. The molecular formula is C11H12BrNO4S. The Morgan fingerprint density at radius 2 is 2.22 bits per heavy atom. The third-order valence-corrected chi connectivity index (χ3v) is 4.58. The number of nitrogens with zero attached hydrogens (tertiary/aromatic N) is 1. The molecule has 0 aromatic carbocycles. The van der Waals surface area contributed by atoms with Crippen LogP contribution in [0.25, 0.3) is 0 Å². The first-order valence-corrected chi connectivity index (χ1v) is 6.94. The zero-order valence-electron chi connectivity index (χ0n) is 9.63. The molecule has 0 spiro atoms. The van der Waals surface area contributed by atoms with E-state index < -0.39 is 17.9 Å². The first-order valence-electron chi connectivity index (χ1n) is 5.33. The molecule has 0 saturated carbocycles. The maximum absolute atomic E-state index is 12.2. The van der Waals surface area contributed by atoms with E-state index in [1.807, 2.05) is 0 Å². The Morgan fingerprint density at radius 1 is 1.50 bits per heavy atom. The Bertz CT molecular complexity index is 475. The molecule has 2 unspecified atom stereocenters. The highest BCUT2D eigenvalue weighted by Crippen LogP contribution is 2.26. The van der Waals surface area contributed by atoms with E-state index in [2.05, 4.69) is 15.9 Å². The average Bonchev–Trinajstić information content (AvgIpc) is 2.95. The molecule has 2 atom stereocenters. The van der Waals surface area contributed by atoms with Gasteiger partial charge in [-0.1, -0.05) is 0 Å². The van der Waals surface area contributed by atoms with Gasteiger partial charge in [0.25, 0.3) is 5.91 Å². The molecule has 1 aromatic heterocycles. The molecule has 0 radical (unpaired) electrons. The van der Waals surface area contributed by atoms with Crippen molar-refractivity contribution < 1.29 is 19.4 Å². The summed E-state index contributed by atoms with van der Waals surface area (Å²) in [6.45, 7) is 0.428. The molecule has 1 aromatic rings. The summed E-state index contributed by atoms with van der Waals surface area (Å²) in [5.74, 6) is -1.75. The van der Waals surface area contributed by atoms with E-state index in [0.717, 1.165) is 3.79 Å². The predicted octanol–water partition coefficient (Wildman–Crippen LogP) is 1.68. The second kappa shape index (κ2) is 5.38. The molecule has 98 valence electrons. The number of halogens is 1. The number of carbonyl (C=O) groups is 2. The molecule has 1 aliphatic rings. The fraction of sp³-hybridized carbons (Fsp3) is 0.455. The lowest BCUT2D eigenvalue weighted by molar-refractivity contribution is -0.142. The number of hydrogen-bond donors (Lipinski definition) is 1. The first-order chi connectivity index (χ1) is 8.50. The van der Waals surface area contributed by atoms with Crippen LogP contribution in [0.4, 0.5) is 0 Å². The quantitative estimate of drug-likeness (QED) is 0.913. The lowest BCUT2D eigenvalue weighted by atomic mass is 10.0. The van der Waals surface area contributed by atoms with E-state index in [1.165, 1.54) is 16.2 Å². The molecule has 1 saturated heterocycles. The normalized spacial score (nSPS) is 23.0. The molecule has 5 nitrogen and oxygen atoms in total. The van der Waals surface area contributed by atoms with Crippen molar-refractivity contribution in [2.24, 2.45) is 5.92 Å². The summed E-state index contributed by atoms with van der Waals surface area (Å²) >= 11 is 4.63. The summed E-state index contributed by atoms with van der Waals surface area (Å²) in [6.07, 6.45) is 0. The van der Waals surface area contributed by atoms with Gasteiger partial charge in [0.2, 0.25) is 0 Å². The zero-order chi connectivity index (χ0) is 13.3. The zero-order valence-corrected chi connectivity index (χ0v) is 12.0. The van der Waals surface area contributed by atoms with Crippen molar-refractivity contribution in [2.45, 2.75) is 6.04 Å². The molecule has 1 aliphatic heterocycles. The van der Waals surface area contributed by atoms with Gasteiger partial charge in [0.15, 0.2) is 0 Å². The molecule has 2 heterocycles. The number of carboxylic acids is 1. The Morgan fingerprint density at radius 3 is 2.78 bits per heavy atom. The van der Waals surface area contributed by atoms with Gasteiger partial charge in [0.1, 0.15) is 5.92 Å². The van der Waals surface area contributed by atoms with E-state index in [1.54, 1.807) is 19.2 Å². The summed E-state index contributed by atoms with van der Waals surface area (Å²) in [5.41, 5.74) is 0. The molecule has 1 N–H and O–H groups in total. The van der Waals surface area contributed by atoms with Gasteiger partial charge in [-0.2, -0.15) is 0 Å². The highest BCUT2D eigenvalue weighted by atomic mass is 79.9. The summed E-state index contributed by atoms with van der Waals surface area (Å²) in [5, 5.41) is 9.07. The lowest BCUT2D eigenvalue weighted by Gasteiger charge is -2.25. The van der Waals surface area contributed by atoms with E-state index in [0.29, 0.717) is 4.88 Å². The van der Waals surface area contributed by atoms with Gasteiger partial charge >= 0.3 is 5.97 Å². The Balaban J connectivity index is 2.13. The van der Waals surface area contributed by atoms with E-state index in [4.69, 9.17) is 9.84 Å². The summed E-state index contributed by atoms with van der Waals surface area (Å²) in [6, 6.07) is 3.11. The van der Waals surface area contributed by atoms with E-state index in [-0.39, 0.29) is 19.1 Å². The molecule has 7 heteroatoms. The molecule has 18 heavy (non-hydrogen) atoms.